The van der Waals surface area contributed by atoms with Gasteiger partial charge >= 0.3 is 0 Å². The third-order valence-corrected chi connectivity index (χ3v) is 8.88. The number of furan rings is 2. The van der Waals surface area contributed by atoms with Crippen molar-refractivity contribution in [3.05, 3.63) is 176 Å². The molecule has 0 saturated heterocycles. The molecule has 10 aromatic rings. The largest absolute Gasteiger partial charge is 0.456 e. The van der Waals surface area contributed by atoms with Gasteiger partial charge in [-0.1, -0.05) is 115 Å². The standard InChI is InChI=1S/C46H29NO2/c1-2-9-30(10-3-1)31-19-24-35(25-20-31)47(40-13-8-16-43-46(40)38-12-5-7-15-42(38)48-43)36-26-21-32(22-27-36)34-18-17-33-23-28-44-45(39(33)29-34)37-11-4-6-14-41(37)49-44/h1-29H/i1D,2D,3D,4D,6D,9D,10D,11D,23D,28D,29D. The van der Waals surface area contributed by atoms with Crippen molar-refractivity contribution in [2.75, 3.05) is 4.90 Å². The molecular formula is C46H29NO2. The second kappa shape index (κ2) is 11.0. The highest BCUT2D eigenvalue weighted by Crippen LogP contribution is 2.44. The molecule has 3 heteroatoms. The number of nitrogens with zero attached hydrogens (tertiary/aromatic N) is 1. The highest BCUT2D eigenvalue weighted by Gasteiger charge is 2.20. The Labute approximate surface area is 298 Å². The van der Waals surface area contributed by atoms with E-state index in [1.807, 2.05) is 83.8 Å². The molecule has 8 aromatic carbocycles. The minimum atomic E-state index is -0.457. The van der Waals surface area contributed by atoms with Gasteiger partial charge in [0.2, 0.25) is 0 Å². The maximum absolute atomic E-state index is 9.51. The molecule has 3 nitrogen and oxygen atoms in total. The first kappa shape index (κ1) is 18.7. The summed E-state index contributed by atoms with van der Waals surface area (Å²) >= 11 is 0. The number of hydrogen-bond donors (Lipinski definition) is 0. The average Bonchev–Trinajstić information content (AvgIpc) is 3.83. The summed E-state index contributed by atoms with van der Waals surface area (Å²) in [6.07, 6.45) is 0. The van der Waals surface area contributed by atoms with Crippen molar-refractivity contribution in [3.8, 4) is 22.3 Å². The number of para-hydroxylation sites is 2. The van der Waals surface area contributed by atoms with E-state index >= 15 is 0 Å². The van der Waals surface area contributed by atoms with Gasteiger partial charge in [0, 0.05) is 27.5 Å². The summed E-state index contributed by atoms with van der Waals surface area (Å²) in [5.41, 5.74) is 5.58. The summed E-state index contributed by atoms with van der Waals surface area (Å²) in [6.45, 7) is 0. The first-order valence-corrected chi connectivity index (χ1v) is 15.7. The zero-order chi connectivity index (χ0) is 41.9. The zero-order valence-electron chi connectivity index (χ0n) is 36.7. The Kier molecular flexibility index (Phi) is 4.19. The minimum absolute atomic E-state index is 0.0242. The van der Waals surface area contributed by atoms with Gasteiger partial charge in [0.05, 0.1) is 26.2 Å². The van der Waals surface area contributed by atoms with Gasteiger partial charge in [0.25, 0.3) is 0 Å². The molecule has 0 radical (unpaired) electrons. The van der Waals surface area contributed by atoms with E-state index in [0.717, 1.165) is 27.7 Å². The van der Waals surface area contributed by atoms with E-state index < -0.39 is 18.1 Å². The lowest BCUT2D eigenvalue weighted by Crippen LogP contribution is -2.10. The number of fused-ring (bicyclic) bond motifs is 8. The summed E-state index contributed by atoms with van der Waals surface area (Å²) < 4.78 is 106. The fraction of sp³-hybridized carbons (Fsp3) is 0. The molecule has 0 spiro atoms. The van der Waals surface area contributed by atoms with Gasteiger partial charge in [-0.25, -0.2) is 0 Å². The fourth-order valence-corrected chi connectivity index (χ4v) is 6.62. The van der Waals surface area contributed by atoms with Crippen LogP contribution in [0.1, 0.15) is 15.1 Å². The molecule has 10 rings (SSSR count). The van der Waals surface area contributed by atoms with Crippen molar-refractivity contribution in [2.45, 2.75) is 0 Å². The smallest absolute Gasteiger partial charge is 0.137 e. The van der Waals surface area contributed by atoms with Crippen LogP contribution in [-0.4, -0.2) is 0 Å². The van der Waals surface area contributed by atoms with E-state index in [0.29, 0.717) is 44.1 Å². The Morgan fingerprint density at radius 3 is 1.90 bits per heavy atom. The third kappa shape index (κ3) is 4.51. The molecule has 0 unspecified atom stereocenters. The second-order valence-electron chi connectivity index (χ2n) is 11.7. The Morgan fingerprint density at radius 2 is 1.08 bits per heavy atom. The van der Waals surface area contributed by atoms with Crippen LogP contribution in [0.15, 0.2) is 184 Å². The number of anilines is 3. The van der Waals surface area contributed by atoms with E-state index in [2.05, 4.69) is 0 Å². The Hall–Kier alpha value is -6.58. The van der Waals surface area contributed by atoms with Crippen molar-refractivity contribution in [3.63, 3.8) is 0 Å². The first-order chi connectivity index (χ1) is 28.8. The topological polar surface area (TPSA) is 29.5 Å². The molecule has 0 amide bonds. The predicted molar refractivity (Wildman–Crippen MR) is 204 cm³/mol. The molecule has 0 bridgehead atoms. The summed E-state index contributed by atoms with van der Waals surface area (Å²) in [6, 6.07) is 30.2. The van der Waals surface area contributed by atoms with E-state index in [-0.39, 0.29) is 70.5 Å². The third-order valence-electron chi connectivity index (χ3n) is 8.88. The van der Waals surface area contributed by atoms with Crippen LogP contribution in [0.2, 0.25) is 0 Å². The van der Waals surface area contributed by atoms with Gasteiger partial charge in [-0.2, -0.15) is 0 Å². The summed E-state index contributed by atoms with van der Waals surface area (Å²) in [5, 5.41) is 2.94. The number of hydrogen-bond acceptors (Lipinski definition) is 3. The quantitative estimate of drug-likeness (QED) is 0.188. The van der Waals surface area contributed by atoms with Crippen LogP contribution in [0.3, 0.4) is 0 Å². The van der Waals surface area contributed by atoms with Crippen LogP contribution in [0.5, 0.6) is 0 Å². The van der Waals surface area contributed by atoms with Gasteiger partial charge in [-0.05, 0) is 93.6 Å². The highest BCUT2D eigenvalue weighted by molar-refractivity contribution is 6.19. The van der Waals surface area contributed by atoms with Crippen molar-refractivity contribution >= 4 is 71.7 Å². The van der Waals surface area contributed by atoms with Gasteiger partial charge in [-0.15, -0.1) is 0 Å². The molecule has 0 fully saturated rings. The summed E-state index contributed by atoms with van der Waals surface area (Å²) in [5.74, 6) is 0. The Bertz CT molecular complexity index is 3420. The highest BCUT2D eigenvalue weighted by atomic mass is 16.3. The Morgan fingerprint density at radius 1 is 0.408 bits per heavy atom. The van der Waals surface area contributed by atoms with Gasteiger partial charge in [-0.3, -0.25) is 0 Å². The van der Waals surface area contributed by atoms with Crippen molar-refractivity contribution in [1.82, 2.24) is 0 Å². The van der Waals surface area contributed by atoms with Crippen LogP contribution >= 0.6 is 0 Å². The normalized spacial score (nSPS) is 14.8. The maximum Gasteiger partial charge on any atom is 0.137 e. The van der Waals surface area contributed by atoms with Gasteiger partial charge in [0.1, 0.15) is 22.3 Å². The van der Waals surface area contributed by atoms with Crippen molar-refractivity contribution in [2.24, 2.45) is 0 Å². The minimum Gasteiger partial charge on any atom is -0.456 e. The molecule has 0 N–H and O–H groups in total. The van der Waals surface area contributed by atoms with E-state index in [9.17, 15) is 1.37 Å². The molecule has 0 saturated carbocycles. The summed E-state index contributed by atoms with van der Waals surface area (Å²) in [4.78, 5) is 2.04. The van der Waals surface area contributed by atoms with E-state index in [1.165, 1.54) is 6.07 Å². The fourth-order valence-electron chi connectivity index (χ4n) is 6.62. The van der Waals surface area contributed by atoms with Crippen LogP contribution < -0.4 is 4.90 Å². The van der Waals surface area contributed by atoms with Crippen molar-refractivity contribution < 1.29 is 23.9 Å². The SMILES string of the molecule is [2H]c1cc2oc3c([2H])c([2H])c4ccc(-c5ccc(N(c6ccc(-c7c([2H])c([2H])c([2H])c([2H])c7[2H])cc6)c6cccc7oc8ccccc8c67)cc5)c([2H])c4c3c2c([2H])c1[2H]. The zero-order valence-corrected chi connectivity index (χ0v) is 25.7. The molecule has 0 aliphatic rings. The van der Waals surface area contributed by atoms with E-state index in [4.69, 9.17) is 22.5 Å². The van der Waals surface area contributed by atoms with Crippen LogP contribution in [-0.2, 0) is 0 Å². The van der Waals surface area contributed by atoms with E-state index in [1.54, 1.807) is 24.3 Å². The lowest BCUT2D eigenvalue weighted by atomic mass is 9.97. The van der Waals surface area contributed by atoms with Crippen molar-refractivity contribution in [1.29, 1.82) is 0 Å². The summed E-state index contributed by atoms with van der Waals surface area (Å²) in [7, 11) is 0. The molecule has 0 aliphatic heterocycles. The first-order valence-electron chi connectivity index (χ1n) is 21.2. The number of rotatable bonds is 5. The molecule has 49 heavy (non-hydrogen) atoms. The maximum atomic E-state index is 9.51. The Balaban J connectivity index is 1.15. The lowest BCUT2D eigenvalue weighted by Gasteiger charge is -2.26. The molecule has 0 atom stereocenters. The average molecular weight is 639 g/mol. The molecule has 2 aromatic heterocycles. The van der Waals surface area contributed by atoms with Gasteiger partial charge < -0.3 is 13.7 Å². The molecular weight excluding hydrogens is 599 g/mol. The predicted octanol–water partition coefficient (Wildman–Crippen LogP) is 13.4. The lowest BCUT2D eigenvalue weighted by molar-refractivity contribution is 0.668. The van der Waals surface area contributed by atoms with Crippen LogP contribution in [0.25, 0.3) is 76.9 Å². The van der Waals surface area contributed by atoms with Crippen LogP contribution in [0, 0.1) is 0 Å². The van der Waals surface area contributed by atoms with Gasteiger partial charge in [0.15, 0.2) is 0 Å². The molecule has 2 heterocycles. The monoisotopic (exact) mass is 638 g/mol. The molecule has 230 valence electrons. The number of benzene rings is 8. The molecule has 0 aliphatic carbocycles. The van der Waals surface area contributed by atoms with Crippen LogP contribution in [0.4, 0.5) is 17.1 Å². The second-order valence-corrected chi connectivity index (χ2v) is 11.7.